The van der Waals surface area contributed by atoms with E-state index in [4.69, 9.17) is 4.52 Å². The maximum atomic E-state index is 12.9. The lowest BCUT2D eigenvalue weighted by atomic mass is 10.1. The zero-order chi connectivity index (χ0) is 23.5. The molecule has 0 spiro atoms. The lowest BCUT2D eigenvalue weighted by molar-refractivity contribution is -0.128. The first-order valence-electron chi connectivity index (χ1n) is 11.2. The van der Waals surface area contributed by atoms with Gasteiger partial charge in [0.15, 0.2) is 0 Å². The summed E-state index contributed by atoms with van der Waals surface area (Å²) in [7, 11) is 0. The lowest BCUT2D eigenvalue weighted by Crippen LogP contribution is -2.28. The van der Waals surface area contributed by atoms with Gasteiger partial charge in [-0.3, -0.25) is 9.59 Å². The quantitative estimate of drug-likeness (QED) is 0.458. The first kappa shape index (κ1) is 21.6. The fraction of sp³-hybridized carbons (Fsp3) is 0.185. The molecule has 1 atom stereocenters. The van der Waals surface area contributed by atoms with Crippen LogP contribution in [-0.2, 0) is 16.1 Å². The molecule has 170 valence electrons. The number of hydrogen-bond acceptors (Lipinski definition) is 5. The number of anilines is 1. The van der Waals surface area contributed by atoms with Gasteiger partial charge in [-0.05, 0) is 30.7 Å². The molecule has 0 bridgehead atoms. The number of carbonyl (C=O) groups is 2. The van der Waals surface area contributed by atoms with Crippen LogP contribution in [0.4, 0.5) is 5.69 Å². The molecule has 1 fully saturated rings. The van der Waals surface area contributed by atoms with E-state index >= 15 is 0 Å². The molecule has 0 aliphatic carbocycles. The Morgan fingerprint density at radius 2 is 1.79 bits per heavy atom. The molecule has 0 saturated carbocycles. The second-order valence-electron chi connectivity index (χ2n) is 8.52. The van der Waals surface area contributed by atoms with E-state index in [1.54, 1.807) is 17.0 Å². The predicted molar refractivity (Wildman–Crippen MR) is 129 cm³/mol. The SMILES string of the molecule is Cc1ccc(CN2C[C@H](C(=O)Nc3cccc(-c4nc(-c5ccccc5)no4)c3)CC2=O)cc1. The first-order chi connectivity index (χ1) is 16.5. The zero-order valence-electron chi connectivity index (χ0n) is 18.8. The predicted octanol–water partition coefficient (Wildman–Crippen LogP) is 4.70. The lowest BCUT2D eigenvalue weighted by Gasteiger charge is -2.17. The summed E-state index contributed by atoms with van der Waals surface area (Å²) in [5.41, 5.74) is 4.42. The van der Waals surface area contributed by atoms with Crippen LogP contribution in [0, 0.1) is 12.8 Å². The highest BCUT2D eigenvalue weighted by molar-refractivity contribution is 5.97. The van der Waals surface area contributed by atoms with Crippen LogP contribution >= 0.6 is 0 Å². The van der Waals surface area contributed by atoms with Crippen molar-refractivity contribution >= 4 is 17.5 Å². The van der Waals surface area contributed by atoms with Crippen LogP contribution in [0.2, 0.25) is 0 Å². The Morgan fingerprint density at radius 3 is 2.59 bits per heavy atom. The van der Waals surface area contributed by atoms with E-state index in [1.807, 2.05) is 73.7 Å². The number of carbonyl (C=O) groups excluding carboxylic acids is 2. The fourth-order valence-electron chi connectivity index (χ4n) is 4.03. The van der Waals surface area contributed by atoms with Crippen molar-refractivity contribution in [1.82, 2.24) is 15.0 Å². The molecule has 5 rings (SSSR count). The van der Waals surface area contributed by atoms with E-state index < -0.39 is 5.92 Å². The molecule has 1 aromatic heterocycles. The van der Waals surface area contributed by atoms with Crippen molar-refractivity contribution in [2.75, 3.05) is 11.9 Å². The maximum absolute atomic E-state index is 12.9. The number of nitrogens with one attached hydrogen (secondary N) is 1. The second kappa shape index (κ2) is 9.31. The fourth-order valence-corrected chi connectivity index (χ4v) is 4.03. The number of rotatable bonds is 6. The molecule has 1 aliphatic rings. The van der Waals surface area contributed by atoms with Crippen LogP contribution in [0.1, 0.15) is 17.5 Å². The van der Waals surface area contributed by atoms with E-state index in [0.29, 0.717) is 36.1 Å². The van der Waals surface area contributed by atoms with Crippen molar-refractivity contribution in [2.45, 2.75) is 19.9 Å². The largest absolute Gasteiger partial charge is 0.338 e. The Labute approximate surface area is 197 Å². The number of hydrogen-bond donors (Lipinski definition) is 1. The van der Waals surface area contributed by atoms with Crippen molar-refractivity contribution in [2.24, 2.45) is 5.92 Å². The van der Waals surface area contributed by atoms with Gasteiger partial charge in [0.05, 0.1) is 5.92 Å². The monoisotopic (exact) mass is 452 g/mol. The van der Waals surface area contributed by atoms with Gasteiger partial charge in [-0.25, -0.2) is 0 Å². The number of aromatic nitrogens is 2. The Bertz CT molecular complexity index is 1320. The van der Waals surface area contributed by atoms with Crippen molar-refractivity contribution < 1.29 is 14.1 Å². The Hall–Kier alpha value is -4.26. The minimum atomic E-state index is -0.394. The molecule has 1 aliphatic heterocycles. The average molecular weight is 453 g/mol. The van der Waals surface area contributed by atoms with Crippen molar-refractivity contribution in [1.29, 1.82) is 0 Å². The normalized spacial score (nSPS) is 15.5. The Kier molecular flexibility index (Phi) is 5.91. The molecule has 34 heavy (non-hydrogen) atoms. The molecule has 2 heterocycles. The summed E-state index contributed by atoms with van der Waals surface area (Å²) < 4.78 is 5.43. The van der Waals surface area contributed by atoms with Gasteiger partial charge >= 0.3 is 0 Å². The van der Waals surface area contributed by atoms with Crippen molar-refractivity contribution in [3.8, 4) is 22.8 Å². The van der Waals surface area contributed by atoms with E-state index in [2.05, 4.69) is 15.5 Å². The third-order valence-corrected chi connectivity index (χ3v) is 5.91. The Balaban J connectivity index is 1.24. The van der Waals surface area contributed by atoms with Crippen LogP contribution in [-0.4, -0.2) is 33.4 Å². The smallest absolute Gasteiger partial charge is 0.258 e. The maximum Gasteiger partial charge on any atom is 0.258 e. The molecule has 0 radical (unpaired) electrons. The molecular formula is C27H24N4O3. The van der Waals surface area contributed by atoms with Crippen molar-refractivity contribution in [3.63, 3.8) is 0 Å². The standard InChI is InChI=1S/C27H24N4O3/c1-18-10-12-19(13-11-18)16-31-17-22(15-24(31)32)26(33)28-23-9-5-8-21(14-23)27-29-25(30-34-27)20-6-3-2-4-7-20/h2-14,22H,15-17H2,1H3,(H,28,33)/t22-/m1/s1. The number of aryl methyl sites for hydroxylation is 1. The van der Waals surface area contributed by atoms with Crippen LogP contribution in [0.15, 0.2) is 83.4 Å². The molecule has 7 nitrogen and oxygen atoms in total. The average Bonchev–Trinajstić information content (AvgIpc) is 3.49. The van der Waals surface area contributed by atoms with E-state index in [-0.39, 0.29) is 18.2 Å². The molecule has 0 unspecified atom stereocenters. The summed E-state index contributed by atoms with van der Waals surface area (Å²) >= 11 is 0. The highest BCUT2D eigenvalue weighted by atomic mass is 16.5. The molecule has 2 amide bonds. The van der Waals surface area contributed by atoms with Crippen LogP contribution in [0.3, 0.4) is 0 Å². The van der Waals surface area contributed by atoms with Gasteiger partial charge in [0.25, 0.3) is 5.89 Å². The molecular weight excluding hydrogens is 428 g/mol. The van der Waals surface area contributed by atoms with Crippen molar-refractivity contribution in [3.05, 3.63) is 90.0 Å². The zero-order valence-corrected chi connectivity index (χ0v) is 18.8. The van der Waals surface area contributed by atoms with Crippen LogP contribution in [0.5, 0.6) is 0 Å². The van der Waals surface area contributed by atoms with Crippen LogP contribution < -0.4 is 5.32 Å². The van der Waals surface area contributed by atoms with E-state index in [1.165, 1.54) is 5.56 Å². The third-order valence-electron chi connectivity index (χ3n) is 5.91. The highest BCUT2D eigenvalue weighted by Crippen LogP contribution is 2.26. The van der Waals surface area contributed by atoms with Gasteiger partial charge in [0, 0.05) is 36.3 Å². The minimum Gasteiger partial charge on any atom is -0.338 e. The first-order valence-corrected chi connectivity index (χ1v) is 11.2. The van der Waals surface area contributed by atoms with Gasteiger partial charge in [0.1, 0.15) is 0 Å². The summed E-state index contributed by atoms with van der Waals surface area (Å²) in [6, 6.07) is 24.9. The summed E-state index contributed by atoms with van der Waals surface area (Å²) in [5.74, 6) is 0.300. The summed E-state index contributed by atoms with van der Waals surface area (Å²) in [4.78, 5) is 31.6. The van der Waals surface area contributed by atoms with Gasteiger partial charge in [-0.1, -0.05) is 71.4 Å². The number of amides is 2. The molecule has 7 heteroatoms. The summed E-state index contributed by atoms with van der Waals surface area (Å²) in [6.45, 7) is 2.95. The number of benzene rings is 3. The summed E-state index contributed by atoms with van der Waals surface area (Å²) in [5, 5.41) is 6.99. The van der Waals surface area contributed by atoms with Crippen LogP contribution in [0.25, 0.3) is 22.8 Å². The van der Waals surface area contributed by atoms with Gasteiger partial charge in [-0.15, -0.1) is 0 Å². The molecule has 1 N–H and O–H groups in total. The molecule has 1 saturated heterocycles. The van der Waals surface area contributed by atoms with Gasteiger partial charge < -0.3 is 14.7 Å². The Morgan fingerprint density at radius 1 is 1.03 bits per heavy atom. The number of nitrogens with zero attached hydrogens (tertiary/aromatic N) is 3. The second-order valence-corrected chi connectivity index (χ2v) is 8.52. The van der Waals surface area contributed by atoms with Gasteiger partial charge in [-0.2, -0.15) is 4.98 Å². The topological polar surface area (TPSA) is 88.3 Å². The third kappa shape index (κ3) is 4.73. The highest BCUT2D eigenvalue weighted by Gasteiger charge is 2.34. The number of likely N-dealkylation sites (tertiary alicyclic amines) is 1. The van der Waals surface area contributed by atoms with E-state index in [0.717, 1.165) is 11.1 Å². The summed E-state index contributed by atoms with van der Waals surface area (Å²) in [6.07, 6.45) is 0.210. The minimum absolute atomic E-state index is 0.00576. The van der Waals surface area contributed by atoms with Gasteiger partial charge in [0.2, 0.25) is 17.6 Å². The molecule has 4 aromatic rings. The van der Waals surface area contributed by atoms with E-state index in [9.17, 15) is 9.59 Å². The molecule has 3 aromatic carbocycles.